The maximum Gasteiger partial charge on any atom is 0.148 e. The molecule has 0 saturated carbocycles. The lowest BCUT2D eigenvalue weighted by atomic mass is 10.1. The zero-order valence-electron chi connectivity index (χ0n) is 14.5. The first-order valence-electron chi connectivity index (χ1n) is 7.77. The van der Waals surface area contributed by atoms with Gasteiger partial charge in [0, 0.05) is 32.4 Å². The predicted molar refractivity (Wildman–Crippen MR) is 96.8 cm³/mol. The van der Waals surface area contributed by atoms with Gasteiger partial charge in [-0.3, -0.25) is 0 Å². The molecule has 3 nitrogen and oxygen atoms in total. The molecule has 0 radical (unpaired) electrons. The third-order valence-electron chi connectivity index (χ3n) is 3.91. The Morgan fingerprint density at radius 1 is 1.13 bits per heavy atom. The number of hydrogen-bond acceptors (Lipinski definition) is 2. The monoisotopic (exact) mass is 313 g/mol. The van der Waals surface area contributed by atoms with Crippen molar-refractivity contribution in [3.05, 3.63) is 53.3 Å². The molecule has 2 aromatic carbocycles. The lowest BCUT2D eigenvalue weighted by molar-refractivity contribution is 0.552. The summed E-state index contributed by atoms with van der Waals surface area (Å²) in [6.45, 7) is 6.88. The summed E-state index contributed by atoms with van der Waals surface area (Å²) in [6.07, 6.45) is 1.73. The summed E-state index contributed by atoms with van der Waals surface area (Å²) >= 11 is 0. The molecule has 4 heteroatoms. The predicted octanol–water partition coefficient (Wildman–Crippen LogP) is 4.82. The molecular weight excluding hydrogens is 289 g/mol. The molecule has 0 unspecified atom stereocenters. The summed E-state index contributed by atoms with van der Waals surface area (Å²) < 4.78 is 14.5. The van der Waals surface area contributed by atoms with Gasteiger partial charge in [-0.15, -0.1) is 0 Å². The number of halogens is 1. The van der Waals surface area contributed by atoms with Gasteiger partial charge in [-0.2, -0.15) is 0 Å². The minimum atomic E-state index is -0.272. The quantitative estimate of drug-likeness (QED) is 0.582. The van der Waals surface area contributed by atoms with E-state index in [0.29, 0.717) is 11.4 Å². The van der Waals surface area contributed by atoms with E-state index in [2.05, 4.69) is 4.99 Å². The van der Waals surface area contributed by atoms with Gasteiger partial charge in [-0.1, -0.05) is 12.1 Å². The maximum absolute atomic E-state index is 14.5. The molecular formula is C19H24FN3. The van der Waals surface area contributed by atoms with Crippen LogP contribution in [0.15, 0.2) is 41.4 Å². The number of benzene rings is 2. The minimum absolute atomic E-state index is 0.272. The summed E-state index contributed by atoms with van der Waals surface area (Å²) in [7, 11) is 3.81. The molecule has 0 bridgehead atoms. The summed E-state index contributed by atoms with van der Waals surface area (Å²) in [4.78, 5) is 8.18. The molecule has 0 fully saturated rings. The van der Waals surface area contributed by atoms with Crippen LogP contribution in [0.3, 0.4) is 0 Å². The van der Waals surface area contributed by atoms with Crippen LogP contribution in [0, 0.1) is 19.7 Å². The molecule has 122 valence electrons. The average molecular weight is 313 g/mol. The SMILES string of the molecule is CCN(C)/C=N/c1cc(F)c(N(C)c2cccc(C)c2)cc1C. The first-order chi connectivity index (χ1) is 10.9. The number of anilines is 2. The largest absolute Gasteiger partial charge is 0.366 e. The molecule has 0 N–H and O–H groups in total. The highest BCUT2D eigenvalue weighted by Gasteiger charge is 2.12. The average Bonchev–Trinajstić information content (AvgIpc) is 2.54. The van der Waals surface area contributed by atoms with E-state index in [-0.39, 0.29) is 5.82 Å². The Morgan fingerprint density at radius 2 is 1.87 bits per heavy atom. The van der Waals surface area contributed by atoms with Gasteiger partial charge in [-0.25, -0.2) is 9.38 Å². The molecule has 0 atom stereocenters. The number of hydrogen-bond donors (Lipinski definition) is 0. The molecule has 0 heterocycles. The fourth-order valence-electron chi connectivity index (χ4n) is 2.27. The van der Waals surface area contributed by atoms with E-state index >= 15 is 0 Å². The smallest absolute Gasteiger partial charge is 0.148 e. The molecule has 0 aliphatic carbocycles. The van der Waals surface area contributed by atoms with Gasteiger partial charge in [0.05, 0.1) is 17.7 Å². The van der Waals surface area contributed by atoms with Gasteiger partial charge in [0.15, 0.2) is 0 Å². The third kappa shape index (κ3) is 4.09. The number of rotatable bonds is 5. The molecule has 2 rings (SSSR count). The van der Waals surface area contributed by atoms with Crippen LogP contribution >= 0.6 is 0 Å². The zero-order chi connectivity index (χ0) is 17.0. The lowest BCUT2D eigenvalue weighted by Gasteiger charge is -2.21. The zero-order valence-corrected chi connectivity index (χ0v) is 14.5. The molecule has 2 aromatic rings. The Bertz CT molecular complexity index is 710. The van der Waals surface area contributed by atoms with Gasteiger partial charge >= 0.3 is 0 Å². The van der Waals surface area contributed by atoms with Crippen molar-refractivity contribution in [1.82, 2.24) is 4.90 Å². The lowest BCUT2D eigenvalue weighted by Crippen LogP contribution is -2.14. The van der Waals surface area contributed by atoms with E-state index in [1.165, 1.54) is 6.07 Å². The summed E-state index contributed by atoms with van der Waals surface area (Å²) in [5.41, 5.74) is 4.27. The second-order valence-electron chi connectivity index (χ2n) is 5.81. The maximum atomic E-state index is 14.5. The number of aliphatic imine (C=N–C) groups is 1. The van der Waals surface area contributed by atoms with Crippen LogP contribution in [-0.4, -0.2) is 31.9 Å². The standard InChI is InChI=1S/C19H24FN3/c1-6-22(4)13-21-18-12-17(20)19(11-15(18)3)23(5)16-9-7-8-14(2)10-16/h7-13H,6H2,1-5H3/b21-13+. The second kappa shape index (κ2) is 7.27. The molecule has 0 saturated heterocycles. The van der Waals surface area contributed by atoms with Crippen LogP contribution in [0.4, 0.5) is 21.5 Å². The van der Waals surface area contributed by atoms with Gasteiger partial charge in [-0.05, 0) is 50.1 Å². The molecule has 0 amide bonds. The van der Waals surface area contributed by atoms with Crippen LogP contribution < -0.4 is 4.90 Å². The van der Waals surface area contributed by atoms with Crippen molar-refractivity contribution >= 4 is 23.4 Å². The van der Waals surface area contributed by atoms with Crippen molar-refractivity contribution in [1.29, 1.82) is 0 Å². The van der Waals surface area contributed by atoms with E-state index in [9.17, 15) is 4.39 Å². The van der Waals surface area contributed by atoms with E-state index in [0.717, 1.165) is 23.4 Å². The molecule has 0 aliphatic rings. The second-order valence-corrected chi connectivity index (χ2v) is 5.81. The Balaban J connectivity index is 2.34. The van der Waals surface area contributed by atoms with Gasteiger partial charge in [0.2, 0.25) is 0 Å². The summed E-state index contributed by atoms with van der Waals surface area (Å²) in [5, 5.41) is 0. The van der Waals surface area contributed by atoms with E-state index in [1.54, 1.807) is 6.34 Å². The Morgan fingerprint density at radius 3 is 2.52 bits per heavy atom. The highest BCUT2D eigenvalue weighted by Crippen LogP contribution is 2.32. The van der Waals surface area contributed by atoms with Crippen molar-refractivity contribution in [3.63, 3.8) is 0 Å². The number of nitrogens with zero attached hydrogens (tertiary/aromatic N) is 3. The summed E-state index contributed by atoms with van der Waals surface area (Å²) in [5.74, 6) is -0.272. The Labute approximate surface area is 138 Å². The summed E-state index contributed by atoms with van der Waals surface area (Å²) in [6, 6.07) is 11.4. The highest BCUT2D eigenvalue weighted by molar-refractivity contribution is 5.69. The van der Waals surface area contributed by atoms with E-state index < -0.39 is 0 Å². The normalized spacial score (nSPS) is 11.0. The molecule has 23 heavy (non-hydrogen) atoms. The molecule has 0 aromatic heterocycles. The van der Waals surface area contributed by atoms with E-state index in [1.807, 2.05) is 75.0 Å². The van der Waals surface area contributed by atoms with Crippen LogP contribution in [-0.2, 0) is 0 Å². The Kier molecular flexibility index (Phi) is 5.37. The Hall–Kier alpha value is -2.36. The van der Waals surface area contributed by atoms with Crippen LogP contribution in [0.25, 0.3) is 0 Å². The van der Waals surface area contributed by atoms with Crippen molar-refractivity contribution < 1.29 is 4.39 Å². The van der Waals surface area contributed by atoms with Crippen molar-refractivity contribution in [3.8, 4) is 0 Å². The fourth-order valence-corrected chi connectivity index (χ4v) is 2.27. The van der Waals surface area contributed by atoms with Gasteiger partial charge in [0.25, 0.3) is 0 Å². The third-order valence-corrected chi connectivity index (χ3v) is 3.91. The van der Waals surface area contributed by atoms with Crippen molar-refractivity contribution in [2.75, 3.05) is 25.5 Å². The fraction of sp³-hybridized carbons (Fsp3) is 0.316. The molecule has 0 spiro atoms. The molecule has 0 aliphatic heterocycles. The minimum Gasteiger partial charge on any atom is -0.366 e. The van der Waals surface area contributed by atoms with E-state index in [4.69, 9.17) is 0 Å². The van der Waals surface area contributed by atoms with Crippen LogP contribution in [0.2, 0.25) is 0 Å². The van der Waals surface area contributed by atoms with Crippen LogP contribution in [0.1, 0.15) is 18.1 Å². The first-order valence-corrected chi connectivity index (χ1v) is 7.77. The van der Waals surface area contributed by atoms with Gasteiger partial charge in [0.1, 0.15) is 5.82 Å². The van der Waals surface area contributed by atoms with Crippen LogP contribution in [0.5, 0.6) is 0 Å². The van der Waals surface area contributed by atoms with Crippen molar-refractivity contribution in [2.24, 2.45) is 4.99 Å². The van der Waals surface area contributed by atoms with Crippen molar-refractivity contribution in [2.45, 2.75) is 20.8 Å². The number of aryl methyl sites for hydroxylation is 2. The highest BCUT2D eigenvalue weighted by atomic mass is 19.1. The topological polar surface area (TPSA) is 18.8 Å². The van der Waals surface area contributed by atoms with Gasteiger partial charge < -0.3 is 9.80 Å². The first kappa shape index (κ1) is 17.0.